The Morgan fingerprint density at radius 2 is 1.87 bits per heavy atom. The van der Waals surface area contributed by atoms with Crippen LogP contribution >= 0.6 is 0 Å². The first kappa shape index (κ1) is 15.7. The molecule has 1 unspecified atom stereocenters. The van der Waals surface area contributed by atoms with E-state index in [9.17, 15) is 14.7 Å². The van der Waals surface area contributed by atoms with Crippen molar-refractivity contribution in [3.8, 4) is 0 Å². The molecule has 0 saturated heterocycles. The molecule has 3 rings (SSSR count). The predicted octanol–water partition coefficient (Wildman–Crippen LogP) is 2.55. The molecule has 0 saturated carbocycles. The molecule has 5 heteroatoms. The summed E-state index contributed by atoms with van der Waals surface area (Å²) < 4.78 is 0. The van der Waals surface area contributed by atoms with Crippen LogP contribution < -0.4 is 5.32 Å². The number of hydrogen-bond acceptors (Lipinski definition) is 3. The average molecular weight is 314 g/mol. The zero-order chi connectivity index (χ0) is 16.8. The number of benzene rings is 1. The standard InChI is InChI=1S/C18H22N2O3/c1-10(2)18(3)17(23)19-15(20-18)13-8-11-6-4-5-7-12(11)9-14(13)16(21)22/h8-10H,4-7H2,1-3H3,(H,21,22)(H,19,20,23). The number of rotatable bonds is 3. The van der Waals surface area contributed by atoms with E-state index in [1.165, 1.54) is 5.56 Å². The van der Waals surface area contributed by atoms with Crippen LogP contribution in [0.15, 0.2) is 17.1 Å². The fourth-order valence-electron chi connectivity index (χ4n) is 3.22. The van der Waals surface area contributed by atoms with Gasteiger partial charge in [0.1, 0.15) is 11.4 Å². The minimum absolute atomic E-state index is 0.0332. The molecule has 0 radical (unpaired) electrons. The lowest BCUT2D eigenvalue weighted by Gasteiger charge is -2.21. The number of carboxylic acids is 1. The van der Waals surface area contributed by atoms with Crippen LogP contribution in [0.2, 0.25) is 0 Å². The van der Waals surface area contributed by atoms with Crippen LogP contribution in [0.1, 0.15) is 60.7 Å². The number of hydrogen-bond donors (Lipinski definition) is 2. The molecule has 5 nitrogen and oxygen atoms in total. The summed E-state index contributed by atoms with van der Waals surface area (Å²) in [4.78, 5) is 28.5. The summed E-state index contributed by atoms with van der Waals surface area (Å²) in [7, 11) is 0. The van der Waals surface area contributed by atoms with Crippen molar-refractivity contribution in [3.05, 3.63) is 34.4 Å². The van der Waals surface area contributed by atoms with Crippen LogP contribution in [0.3, 0.4) is 0 Å². The second kappa shape index (κ2) is 5.48. The van der Waals surface area contributed by atoms with Gasteiger partial charge in [0.15, 0.2) is 0 Å². The molecule has 1 atom stereocenters. The van der Waals surface area contributed by atoms with E-state index in [2.05, 4.69) is 10.3 Å². The lowest BCUT2D eigenvalue weighted by molar-refractivity contribution is -0.124. The van der Waals surface area contributed by atoms with Crippen molar-refractivity contribution < 1.29 is 14.7 Å². The van der Waals surface area contributed by atoms with E-state index in [4.69, 9.17) is 0 Å². The number of aliphatic imine (C=N–C) groups is 1. The van der Waals surface area contributed by atoms with E-state index in [0.717, 1.165) is 31.2 Å². The van der Waals surface area contributed by atoms with Gasteiger partial charge in [-0.3, -0.25) is 9.79 Å². The lowest BCUT2D eigenvalue weighted by Crippen LogP contribution is -2.41. The summed E-state index contributed by atoms with van der Waals surface area (Å²) in [5.74, 6) is -0.733. The molecule has 2 aliphatic rings. The van der Waals surface area contributed by atoms with Gasteiger partial charge in [0, 0.05) is 5.56 Å². The molecule has 0 spiro atoms. The second-order valence-corrected chi connectivity index (χ2v) is 6.90. The minimum atomic E-state index is -0.983. The topological polar surface area (TPSA) is 78.8 Å². The van der Waals surface area contributed by atoms with Crippen LogP contribution in [-0.4, -0.2) is 28.4 Å². The van der Waals surface area contributed by atoms with Gasteiger partial charge in [0.2, 0.25) is 0 Å². The molecule has 1 heterocycles. The third kappa shape index (κ3) is 2.54. The van der Waals surface area contributed by atoms with Crippen molar-refractivity contribution in [1.29, 1.82) is 0 Å². The third-order valence-electron chi connectivity index (χ3n) is 5.13. The maximum atomic E-state index is 12.3. The molecule has 23 heavy (non-hydrogen) atoms. The van der Waals surface area contributed by atoms with Gasteiger partial charge in [-0.05, 0) is 61.8 Å². The Morgan fingerprint density at radius 3 is 2.39 bits per heavy atom. The van der Waals surface area contributed by atoms with Crippen LogP contribution in [-0.2, 0) is 17.6 Å². The van der Waals surface area contributed by atoms with E-state index in [-0.39, 0.29) is 17.4 Å². The molecule has 2 N–H and O–H groups in total. The van der Waals surface area contributed by atoms with Gasteiger partial charge in [-0.25, -0.2) is 4.79 Å². The van der Waals surface area contributed by atoms with Gasteiger partial charge >= 0.3 is 5.97 Å². The zero-order valence-corrected chi connectivity index (χ0v) is 13.8. The van der Waals surface area contributed by atoms with Crippen molar-refractivity contribution in [3.63, 3.8) is 0 Å². The van der Waals surface area contributed by atoms with Crippen molar-refractivity contribution in [2.75, 3.05) is 0 Å². The number of carbonyl (C=O) groups excluding carboxylic acids is 1. The number of amides is 1. The molecule has 122 valence electrons. The third-order valence-corrected chi connectivity index (χ3v) is 5.13. The van der Waals surface area contributed by atoms with Gasteiger partial charge in [0.05, 0.1) is 5.56 Å². The average Bonchev–Trinajstić information content (AvgIpc) is 2.82. The van der Waals surface area contributed by atoms with Gasteiger partial charge in [-0.15, -0.1) is 0 Å². The van der Waals surface area contributed by atoms with Gasteiger partial charge in [-0.2, -0.15) is 0 Å². The molecule has 1 aliphatic carbocycles. The Kier molecular flexibility index (Phi) is 3.74. The van der Waals surface area contributed by atoms with E-state index in [1.807, 2.05) is 19.9 Å². The van der Waals surface area contributed by atoms with Crippen LogP contribution in [0.25, 0.3) is 0 Å². The number of nitrogens with zero attached hydrogens (tertiary/aromatic N) is 1. The largest absolute Gasteiger partial charge is 0.478 e. The first-order valence-corrected chi connectivity index (χ1v) is 8.13. The summed E-state index contributed by atoms with van der Waals surface area (Å²) in [5.41, 5.74) is 2.18. The quantitative estimate of drug-likeness (QED) is 0.900. The first-order valence-electron chi connectivity index (χ1n) is 8.13. The van der Waals surface area contributed by atoms with Gasteiger partial charge in [0.25, 0.3) is 5.91 Å². The number of fused-ring (bicyclic) bond motifs is 1. The Hall–Kier alpha value is -2.17. The molecular formula is C18H22N2O3. The molecule has 0 aromatic heterocycles. The Morgan fingerprint density at radius 1 is 1.26 bits per heavy atom. The zero-order valence-electron chi connectivity index (χ0n) is 13.8. The van der Waals surface area contributed by atoms with E-state index < -0.39 is 11.5 Å². The molecule has 0 bridgehead atoms. The van der Waals surface area contributed by atoms with Crippen LogP contribution in [0.4, 0.5) is 0 Å². The maximum absolute atomic E-state index is 12.3. The molecule has 1 amide bonds. The Balaban J connectivity index is 2.13. The Labute approximate surface area is 135 Å². The van der Waals surface area contributed by atoms with E-state index >= 15 is 0 Å². The van der Waals surface area contributed by atoms with Crippen LogP contribution in [0.5, 0.6) is 0 Å². The molecular weight excluding hydrogens is 292 g/mol. The summed E-state index contributed by atoms with van der Waals surface area (Å²) >= 11 is 0. The van der Waals surface area contributed by atoms with Crippen LogP contribution in [0, 0.1) is 5.92 Å². The number of aryl methyl sites for hydroxylation is 2. The van der Waals surface area contributed by atoms with Crippen molar-refractivity contribution >= 4 is 17.7 Å². The van der Waals surface area contributed by atoms with Crippen molar-refractivity contribution in [2.24, 2.45) is 10.9 Å². The summed E-state index contributed by atoms with van der Waals surface area (Å²) in [6.07, 6.45) is 4.07. The summed E-state index contributed by atoms with van der Waals surface area (Å²) in [6, 6.07) is 3.66. The predicted molar refractivity (Wildman–Crippen MR) is 88.0 cm³/mol. The fraction of sp³-hybridized carbons (Fsp3) is 0.500. The molecule has 1 aromatic rings. The van der Waals surface area contributed by atoms with Crippen molar-refractivity contribution in [1.82, 2.24) is 5.32 Å². The highest BCUT2D eigenvalue weighted by Crippen LogP contribution is 2.30. The SMILES string of the molecule is CC(C)C1(C)N=C(c2cc3c(cc2C(=O)O)CCCC3)NC1=O. The molecule has 1 aliphatic heterocycles. The van der Waals surface area contributed by atoms with Gasteiger partial charge < -0.3 is 10.4 Å². The smallest absolute Gasteiger partial charge is 0.336 e. The normalized spacial score (nSPS) is 23.5. The number of nitrogens with one attached hydrogen (secondary N) is 1. The number of aromatic carboxylic acids is 1. The highest BCUT2D eigenvalue weighted by atomic mass is 16.4. The highest BCUT2D eigenvalue weighted by Gasteiger charge is 2.42. The number of amidine groups is 1. The summed E-state index contributed by atoms with van der Waals surface area (Å²) in [5, 5.41) is 12.4. The fourth-order valence-corrected chi connectivity index (χ4v) is 3.22. The Bertz CT molecular complexity index is 721. The number of carboxylic acid groups (broad SMARTS) is 1. The van der Waals surface area contributed by atoms with Crippen molar-refractivity contribution in [2.45, 2.75) is 52.0 Å². The minimum Gasteiger partial charge on any atom is -0.478 e. The van der Waals surface area contributed by atoms with E-state index in [1.54, 1.807) is 13.0 Å². The summed E-state index contributed by atoms with van der Waals surface area (Å²) in [6.45, 7) is 5.67. The molecule has 1 aromatic carbocycles. The maximum Gasteiger partial charge on any atom is 0.336 e. The van der Waals surface area contributed by atoms with Gasteiger partial charge in [-0.1, -0.05) is 13.8 Å². The lowest BCUT2D eigenvalue weighted by atomic mass is 9.87. The molecule has 0 fully saturated rings. The monoisotopic (exact) mass is 314 g/mol. The highest BCUT2D eigenvalue weighted by molar-refractivity contribution is 6.18. The second-order valence-electron chi connectivity index (χ2n) is 6.90. The number of carbonyl (C=O) groups is 2. The first-order chi connectivity index (χ1) is 10.8. The van der Waals surface area contributed by atoms with E-state index in [0.29, 0.717) is 11.4 Å².